The van der Waals surface area contributed by atoms with Gasteiger partial charge in [-0.15, -0.1) is 0 Å². The number of carbonyl (C=O) groups is 3. The predicted octanol–water partition coefficient (Wildman–Crippen LogP) is 3.65. The molecule has 2 N–H and O–H groups in total. The second-order valence-electron chi connectivity index (χ2n) is 9.52. The summed E-state index contributed by atoms with van der Waals surface area (Å²) in [5.41, 5.74) is 2.30. The summed E-state index contributed by atoms with van der Waals surface area (Å²) < 4.78 is 7.87. The van der Waals surface area contributed by atoms with Gasteiger partial charge in [0.25, 0.3) is 11.8 Å². The van der Waals surface area contributed by atoms with Gasteiger partial charge in [0.05, 0.1) is 17.1 Å². The number of aromatic nitrogens is 3. The Hall–Kier alpha value is -3.92. The number of amides is 3. The van der Waals surface area contributed by atoms with E-state index in [1.807, 2.05) is 11.5 Å². The van der Waals surface area contributed by atoms with Gasteiger partial charge in [-0.3, -0.25) is 24.7 Å². The minimum absolute atomic E-state index is 0.151. The van der Waals surface area contributed by atoms with Crippen molar-refractivity contribution in [1.29, 1.82) is 0 Å². The summed E-state index contributed by atoms with van der Waals surface area (Å²) in [4.78, 5) is 48.5. The number of pyridine rings is 1. The molecule has 1 aromatic carbocycles. The van der Waals surface area contributed by atoms with Crippen LogP contribution < -0.4 is 15.4 Å². The van der Waals surface area contributed by atoms with E-state index in [0.29, 0.717) is 65.1 Å². The molecule has 10 nitrogen and oxygen atoms in total. The number of likely N-dealkylation sites (tertiary alicyclic amines) is 1. The van der Waals surface area contributed by atoms with Crippen LogP contribution in [0.2, 0.25) is 5.02 Å². The molecule has 1 unspecified atom stereocenters. The third kappa shape index (κ3) is 5.08. The molecule has 38 heavy (non-hydrogen) atoms. The van der Waals surface area contributed by atoms with E-state index >= 15 is 0 Å². The first-order valence-electron chi connectivity index (χ1n) is 12.7. The molecular weight excluding hydrogens is 508 g/mol. The Bertz CT molecular complexity index is 1420. The zero-order valence-electron chi connectivity index (χ0n) is 21.1. The summed E-state index contributed by atoms with van der Waals surface area (Å²) >= 11 is 6.91. The molecule has 5 rings (SSSR count). The molecule has 2 aliphatic rings. The van der Waals surface area contributed by atoms with Crippen LogP contribution in [0, 0.1) is 6.92 Å². The van der Waals surface area contributed by atoms with Crippen molar-refractivity contribution in [3.8, 4) is 5.75 Å². The standard InChI is InChI=1S/C27H29ClN6O4/c1-3-22(35)33-13-5-4-6-18(15-33)34-24-19(7-8-20(23(24)28)38-21-10-12-30-26(21)37)31-27(34)32-25(36)17-9-11-29-16(2)14-17/h3,7-9,11,14,18,21H,1,4-6,10,12-13,15H2,2H3,(H,30,37)(H,31,32,36)/t18-,21?/m1/s1. The molecule has 2 aromatic heterocycles. The summed E-state index contributed by atoms with van der Waals surface area (Å²) in [6.07, 6.45) is 5.27. The Morgan fingerprint density at radius 3 is 2.84 bits per heavy atom. The lowest BCUT2D eigenvalue weighted by atomic mass is 10.1. The number of nitrogens with one attached hydrogen (secondary N) is 2. The number of halogens is 1. The van der Waals surface area contributed by atoms with Gasteiger partial charge in [0.2, 0.25) is 11.9 Å². The van der Waals surface area contributed by atoms with Gasteiger partial charge >= 0.3 is 0 Å². The van der Waals surface area contributed by atoms with E-state index in [1.165, 1.54) is 6.08 Å². The van der Waals surface area contributed by atoms with Crippen LogP contribution >= 0.6 is 11.6 Å². The van der Waals surface area contributed by atoms with Gasteiger partial charge < -0.3 is 19.5 Å². The SMILES string of the molecule is C=CC(=O)N1CCCC[C@@H](n2c(NC(=O)c3ccnc(C)c3)nc3ccc(OC4CCNC4=O)c(Cl)c32)C1. The Kier molecular flexibility index (Phi) is 7.33. The average Bonchev–Trinajstić information content (AvgIpc) is 3.38. The molecule has 0 saturated carbocycles. The third-order valence-electron chi connectivity index (χ3n) is 6.90. The van der Waals surface area contributed by atoms with Gasteiger partial charge in [-0.25, -0.2) is 4.98 Å². The number of ether oxygens (including phenoxy) is 1. The number of nitrogens with zero attached hydrogens (tertiary/aromatic N) is 4. The topological polar surface area (TPSA) is 118 Å². The van der Waals surface area contributed by atoms with Crippen molar-refractivity contribution in [3.05, 3.63) is 59.4 Å². The molecule has 0 aliphatic carbocycles. The molecule has 198 valence electrons. The van der Waals surface area contributed by atoms with Gasteiger partial charge in [0.15, 0.2) is 6.10 Å². The fourth-order valence-electron chi connectivity index (χ4n) is 5.02. The lowest BCUT2D eigenvalue weighted by Crippen LogP contribution is -2.34. The van der Waals surface area contributed by atoms with Crippen molar-refractivity contribution in [2.45, 2.75) is 44.8 Å². The van der Waals surface area contributed by atoms with Gasteiger partial charge in [0, 0.05) is 43.5 Å². The monoisotopic (exact) mass is 536 g/mol. The molecule has 0 spiro atoms. The van der Waals surface area contributed by atoms with Crippen LogP contribution in [0.25, 0.3) is 11.0 Å². The minimum Gasteiger partial charge on any atom is -0.479 e. The molecule has 0 radical (unpaired) electrons. The normalized spacial score (nSPS) is 19.6. The number of imidazole rings is 1. The largest absolute Gasteiger partial charge is 0.479 e. The van der Waals surface area contributed by atoms with Gasteiger partial charge in [0.1, 0.15) is 10.8 Å². The van der Waals surface area contributed by atoms with Crippen LogP contribution in [0.1, 0.15) is 47.8 Å². The molecule has 4 heterocycles. The predicted molar refractivity (Wildman–Crippen MR) is 143 cm³/mol. The summed E-state index contributed by atoms with van der Waals surface area (Å²) in [5, 5.41) is 6.00. The highest BCUT2D eigenvalue weighted by Crippen LogP contribution is 2.39. The maximum absolute atomic E-state index is 13.2. The second kappa shape index (κ2) is 10.8. The molecule has 2 saturated heterocycles. The Morgan fingerprint density at radius 2 is 2.11 bits per heavy atom. The van der Waals surface area contributed by atoms with Crippen molar-refractivity contribution in [2.75, 3.05) is 25.0 Å². The highest BCUT2D eigenvalue weighted by atomic mass is 35.5. The van der Waals surface area contributed by atoms with E-state index in [2.05, 4.69) is 22.2 Å². The van der Waals surface area contributed by atoms with Crippen molar-refractivity contribution in [1.82, 2.24) is 24.8 Å². The molecular formula is C27H29ClN6O4. The quantitative estimate of drug-likeness (QED) is 0.464. The van der Waals surface area contributed by atoms with Crippen LogP contribution in [-0.2, 0) is 9.59 Å². The number of benzene rings is 1. The van der Waals surface area contributed by atoms with Gasteiger partial charge in [-0.05, 0) is 56.5 Å². The molecule has 2 aliphatic heterocycles. The van der Waals surface area contributed by atoms with Crippen molar-refractivity contribution < 1.29 is 19.1 Å². The third-order valence-corrected chi connectivity index (χ3v) is 7.27. The molecule has 3 amide bonds. The number of fused-ring (bicyclic) bond motifs is 1. The number of anilines is 1. The second-order valence-corrected chi connectivity index (χ2v) is 9.89. The lowest BCUT2D eigenvalue weighted by molar-refractivity contribution is -0.126. The minimum atomic E-state index is -0.631. The van der Waals surface area contributed by atoms with Crippen molar-refractivity contribution >= 4 is 46.3 Å². The summed E-state index contributed by atoms with van der Waals surface area (Å²) in [5.74, 6) is 0.00162. The average molecular weight is 537 g/mol. The van der Waals surface area contributed by atoms with Crippen molar-refractivity contribution in [3.63, 3.8) is 0 Å². The zero-order valence-corrected chi connectivity index (χ0v) is 21.8. The maximum atomic E-state index is 13.2. The summed E-state index contributed by atoms with van der Waals surface area (Å²) in [6.45, 7) is 7.02. The van der Waals surface area contributed by atoms with E-state index in [4.69, 9.17) is 21.3 Å². The summed E-state index contributed by atoms with van der Waals surface area (Å²) in [7, 11) is 0. The molecule has 3 aromatic rings. The Morgan fingerprint density at radius 1 is 1.26 bits per heavy atom. The van der Waals surface area contributed by atoms with Crippen LogP contribution in [0.4, 0.5) is 5.95 Å². The lowest BCUT2D eigenvalue weighted by Gasteiger charge is -2.26. The highest BCUT2D eigenvalue weighted by molar-refractivity contribution is 6.36. The van der Waals surface area contributed by atoms with Crippen LogP contribution in [0.3, 0.4) is 0 Å². The first-order valence-corrected chi connectivity index (χ1v) is 13.0. The molecule has 2 atom stereocenters. The Balaban J connectivity index is 1.59. The van der Waals surface area contributed by atoms with Crippen molar-refractivity contribution in [2.24, 2.45) is 0 Å². The van der Waals surface area contributed by atoms with E-state index in [1.54, 1.807) is 35.4 Å². The fourth-order valence-corrected chi connectivity index (χ4v) is 5.32. The smallest absolute Gasteiger partial charge is 0.261 e. The van der Waals surface area contributed by atoms with Crippen LogP contribution in [0.5, 0.6) is 5.75 Å². The number of aryl methyl sites for hydroxylation is 1. The number of rotatable bonds is 6. The molecule has 0 bridgehead atoms. The first-order chi connectivity index (χ1) is 18.4. The van der Waals surface area contributed by atoms with E-state index in [-0.39, 0.29) is 23.8 Å². The van der Waals surface area contributed by atoms with Gasteiger partial charge in [-0.2, -0.15) is 0 Å². The molecule has 2 fully saturated rings. The van der Waals surface area contributed by atoms with E-state index in [0.717, 1.165) is 19.3 Å². The number of carbonyl (C=O) groups excluding carboxylic acids is 3. The van der Waals surface area contributed by atoms with E-state index in [9.17, 15) is 14.4 Å². The van der Waals surface area contributed by atoms with E-state index < -0.39 is 6.10 Å². The Labute approximate surface area is 225 Å². The van der Waals surface area contributed by atoms with Crippen LogP contribution in [0.15, 0.2) is 43.1 Å². The fraction of sp³-hybridized carbons (Fsp3) is 0.370. The first kappa shape index (κ1) is 25.7. The zero-order chi connectivity index (χ0) is 26.8. The maximum Gasteiger partial charge on any atom is 0.261 e. The number of hydrogen-bond acceptors (Lipinski definition) is 6. The molecule has 11 heteroatoms. The highest BCUT2D eigenvalue weighted by Gasteiger charge is 2.30. The van der Waals surface area contributed by atoms with Crippen LogP contribution in [-0.4, -0.2) is 62.9 Å². The summed E-state index contributed by atoms with van der Waals surface area (Å²) in [6, 6.07) is 6.56. The number of hydrogen-bond donors (Lipinski definition) is 2. The van der Waals surface area contributed by atoms with Gasteiger partial charge in [-0.1, -0.05) is 18.2 Å².